The zero-order valence-corrected chi connectivity index (χ0v) is 23.3. The molecule has 6 rings (SSSR count). The lowest BCUT2D eigenvalue weighted by Crippen LogP contribution is -2.37. The van der Waals surface area contributed by atoms with Crippen LogP contribution in [0.25, 0.3) is 0 Å². The van der Waals surface area contributed by atoms with Crippen molar-refractivity contribution in [3.05, 3.63) is 71.0 Å². The average molecular weight is 583 g/mol. The van der Waals surface area contributed by atoms with Gasteiger partial charge >= 0.3 is 0 Å². The van der Waals surface area contributed by atoms with Crippen molar-refractivity contribution in [2.75, 3.05) is 47.5 Å². The second kappa shape index (κ2) is 11.1. The number of aromatic nitrogens is 2. The highest BCUT2D eigenvalue weighted by Crippen LogP contribution is 2.43. The first-order valence-corrected chi connectivity index (χ1v) is 13.7. The van der Waals surface area contributed by atoms with Gasteiger partial charge in [0, 0.05) is 25.1 Å². The number of nitrogens with zero attached hydrogens (tertiary/aromatic N) is 4. The van der Waals surface area contributed by atoms with E-state index in [-0.39, 0.29) is 24.1 Å². The summed E-state index contributed by atoms with van der Waals surface area (Å²) < 4.78 is 11.5. The van der Waals surface area contributed by atoms with Crippen LogP contribution in [-0.2, 0) is 14.4 Å². The summed E-state index contributed by atoms with van der Waals surface area (Å²) in [7, 11) is 1.61. The first-order valence-electron chi connectivity index (χ1n) is 12.9. The zero-order valence-electron chi connectivity index (χ0n) is 21.8. The molecule has 3 saturated heterocycles. The van der Waals surface area contributed by atoms with Crippen LogP contribution in [0.1, 0.15) is 24.4 Å². The summed E-state index contributed by atoms with van der Waals surface area (Å²) in [4.78, 5) is 29.4. The Kier molecular flexibility index (Phi) is 7.41. The molecule has 2 bridgehead atoms. The molecule has 0 radical (unpaired) electrons. The highest BCUT2D eigenvalue weighted by atomic mass is 35.5. The normalized spacial score (nSPS) is 21.5. The van der Waals surface area contributed by atoms with Gasteiger partial charge in [0.25, 0.3) is 0 Å². The summed E-state index contributed by atoms with van der Waals surface area (Å²) in [5.41, 5.74) is 2.98. The van der Waals surface area contributed by atoms with Gasteiger partial charge in [0.15, 0.2) is 5.82 Å². The summed E-state index contributed by atoms with van der Waals surface area (Å²) >= 11 is 12.8. The van der Waals surface area contributed by atoms with Gasteiger partial charge in [-0.15, -0.1) is 0 Å². The predicted octanol–water partition coefficient (Wildman–Crippen LogP) is 5.52. The summed E-state index contributed by atoms with van der Waals surface area (Å²) in [6, 6.07) is 11.2. The van der Waals surface area contributed by atoms with E-state index in [1.165, 1.54) is 12.4 Å². The molecule has 0 spiro atoms. The number of fused-ring (bicyclic) bond motifs is 2. The number of ether oxygens (including phenoxy) is 2. The minimum atomic E-state index is -0.306. The molecule has 3 aliphatic rings. The number of hydroxylamine groups is 1. The Hall–Kier alpha value is -3.57. The average Bonchev–Trinajstić information content (AvgIpc) is 3.73. The van der Waals surface area contributed by atoms with Crippen LogP contribution < -0.4 is 25.3 Å². The van der Waals surface area contributed by atoms with Crippen molar-refractivity contribution in [1.82, 2.24) is 9.97 Å². The maximum absolute atomic E-state index is 12.3. The highest BCUT2D eigenvalue weighted by Gasteiger charge is 2.40. The molecule has 2 aromatic carbocycles. The molecule has 208 valence electrons. The number of hydrogen-bond donors (Lipinski definition) is 2. The number of carbonyl (C=O) groups excluding carboxylic acids is 1. The summed E-state index contributed by atoms with van der Waals surface area (Å²) in [5.74, 6) is 1.35. The molecule has 10 nitrogen and oxygen atoms in total. The van der Waals surface area contributed by atoms with Crippen molar-refractivity contribution in [2.24, 2.45) is 0 Å². The molecule has 3 aromatic rings. The van der Waals surface area contributed by atoms with Crippen LogP contribution >= 0.6 is 23.2 Å². The van der Waals surface area contributed by atoms with Gasteiger partial charge in [0.1, 0.15) is 17.9 Å². The Morgan fingerprint density at radius 2 is 2.10 bits per heavy atom. The van der Waals surface area contributed by atoms with Crippen molar-refractivity contribution >= 4 is 57.8 Å². The maximum atomic E-state index is 12.3. The molecule has 1 aromatic heterocycles. The molecule has 3 aliphatic heterocycles. The number of methoxy groups -OCH3 is 1. The van der Waals surface area contributed by atoms with Crippen LogP contribution in [0.2, 0.25) is 10.0 Å². The fourth-order valence-corrected chi connectivity index (χ4v) is 5.91. The van der Waals surface area contributed by atoms with E-state index >= 15 is 0 Å². The third-order valence-electron chi connectivity index (χ3n) is 7.36. The molecule has 0 saturated carbocycles. The fourth-order valence-electron chi connectivity index (χ4n) is 5.48. The third-order valence-corrected chi connectivity index (χ3v) is 8.19. The summed E-state index contributed by atoms with van der Waals surface area (Å²) in [6.07, 6.45) is 4.57. The lowest BCUT2D eigenvalue weighted by Gasteiger charge is -2.31. The predicted molar refractivity (Wildman–Crippen MR) is 155 cm³/mol. The van der Waals surface area contributed by atoms with Gasteiger partial charge in [0.05, 0.1) is 65.6 Å². The van der Waals surface area contributed by atoms with Crippen molar-refractivity contribution in [3.63, 3.8) is 0 Å². The smallest absolute Gasteiger partial charge is 0.247 e. The molecular weight excluding hydrogens is 555 g/mol. The zero-order chi connectivity index (χ0) is 27.8. The number of amides is 1. The lowest BCUT2D eigenvalue weighted by molar-refractivity contribution is -0.111. The molecule has 2 N–H and O–H groups in total. The van der Waals surface area contributed by atoms with E-state index in [4.69, 9.17) is 37.5 Å². The first-order chi connectivity index (χ1) is 19.4. The Morgan fingerprint density at radius 3 is 2.85 bits per heavy atom. The fraction of sp³-hybridized carbons (Fsp3) is 0.321. The Morgan fingerprint density at radius 1 is 1.23 bits per heavy atom. The van der Waals surface area contributed by atoms with Crippen LogP contribution in [0, 0.1) is 0 Å². The van der Waals surface area contributed by atoms with Crippen LogP contribution in [0.3, 0.4) is 0 Å². The SMILES string of the molecule is C=CC(=O)Nc1cc(Nc2cc(N3OCC[C@@H]3c3cccc(Cl)c3Cl)ncn2)c(OC)cc1N1C[C@H]2C[C@@H]1CO2. The minimum Gasteiger partial charge on any atom is -0.494 e. The van der Waals surface area contributed by atoms with Crippen LogP contribution in [0.4, 0.5) is 28.7 Å². The van der Waals surface area contributed by atoms with Gasteiger partial charge < -0.3 is 25.0 Å². The molecular formula is C28H28Cl2N6O4. The largest absolute Gasteiger partial charge is 0.494 e. The van der Waals surface area contributed by atoms with Crippen molar-refractivity contribution in [2.45, 2.75) is 31.0 Å². The third kappa shape index (κ3) is 5.03. The van der Waals surface area contributed by atoms with Gasteiger partial charge in [-0.3, -0.25) is 9.63 Å². The lowest BCUT2D eigenvalue weighted by atomic mass is 10.0. The van der Waals surface area contributed by atoms with E-state index in [0.717, 1.165) is 30.6 Å². The number of nitrogens with one attached hydrogen (secondary N) is 2. The van der Waals surface area contributed by atoms with E-state index in [1.807, 2.05) is 24.3 Å². The Labute approximate surface area is 241 Å². The quantitative estimate of drug-likeness (QED) is 0.332. The number of morpholine rings is 1. The van der Waals surface area contributed by atoms with E-state index in [9.17, 15) is 4.79 Å². The topological polar surface area (TPSA) is 101 Å². The van der Waals surface area contributed by atoms with Gasteiger partial charge in [-0.25, -0.2) is 15.0 Å². The maximum Gasteiger partial charge on any atom is 0.247 e. The number of anilines is 5. The number of halogens is 2. The number of carbonyl (C=O) groups is 1. The summed E-state index contributed by atoms with van der Waals surface area (Å²) in [6.45, 7) is 5.51. The molecule has 40 heavy (non-hydrogen) atoms. The molecule has 1 amide bonds. The van der Waals surface area contributed by atoms with Gasteiger partial charge in [-0.05, 0) is 30.2 Å². The molecule has 3 fully saturated rings. The monoisotopic (exact) mass is 582 g/mol. The van der Waals surface area contributed by atoms with Gasteiger partial charge in [-0.2, -0.15) is 0 Å². The Balaban J connectivity index is 1.31. The van der Waals surface area contributed by atoms with Crippen molar-refractivity contribution < 1.29 is 19.1 Å². The molecule has 4 heterocycles. The molecule has 0 aliphatic carbocycles. The number of hydrogen-bond acceptors (Lipinski definition) is 9. The van der Waals surface area contributed by atoms with Crippen LogP contribution in [-0.4, -0.2) is 54.9 Å². The van der Waals surface area contributed by atoms with E-state index < -0.39 is 0 Å². The van der Waals surface area contributed by atoms with E-state index in [0.29, 0.717) is 52.0 Å². The van der Waals surface area contributed by atoms with Crippen LogP contribution in [0.5, 0.6) is 5.75 Å². The van der Waals surface area contributed by atoms with Crippen LogP contribution in [0.15, 0.2) is 55.4 Å². The highest BCUT2D eigenvalue weighted by molar-refractivity contribution is 6.42. The minimum absolute atomic E-state index is 0.164. The van der Waals surface area contributed by atoms with Crippen molar-refractivity contribution in [3.8, 4) is 5.75 Å². The first kappa shape index (κ1) is 26.6. The summed E-state index contributed by atoms with van der Waals surface area (Å²) in [5, 5.41) is 8.97. The Bertz CT molecular complexity index is 1460. The number of benzene rings is 2. The molecule has 3 atom stereocenters. The van der Waals surface area contributed by atoms with Gasteiger partial charge in [-0.1, -0.05) is 41.9 Å². The number of rotatable bonds is 8. The standard InChI is InChI=1S/C28H28Cl2N6O4/c1-3-27(37)34-20-10-21(24(38-2)11-23(20)35-13-17-9-16(35)14-39-17)33-25-12-26(32-15-31-25)36-22(7-8-40-36)18-5-4-6-19(29)28(18)30/h3-6,10-12,15-17,22H,1,7-9,13-14H2,2H3,(H,34,37)(H,31,32,33)/t16-,17-,22-/m1/s1. The van der Waals surface area contributed by atoms with Gasteiger partial charge in [0.2, 0.25) is 5.91 Å². The molecule has 0 unspecified atom stereocenters. The second-order valence-corrected chi connectivity index (χ2v) is 10.5. The van der Waals surface area contributed by atoms with E-state index in [1.54, 1.807) is 24.3 Å². The second-order valence-electron chi connectivity index (χ2n) is 9.75. The molecule has 12 heteroatoms. The van der Waals surface area contributed by atoms with Crippen molar-refractivity contribution in [1.29, 1.82) is 0 Å². The van der Waals surface area contributed by atoms with E-state index in [2.05, 4.69) is 32.1 Å².